The van der Waals surface area contributed by atoms with Crippen LogP contribution in [0.15, 0.2) is 48.1 Å². The Morgan fingerprint density at radius 2 is 1.82 bits per heavy atom. The molecule has 0 spiro atoms. The highest BCUT2D eigenvalue weighted by Crippen LogP contribution is 2.35. The molecule has 7 nitrogen and oxygen atoms in total. The maximum Gasteiger partial charge on any atom is 0.167 e. The van der Waals surface area contributed by atoms with E-state index < -0.39 is 12.2 Å². The molecule has 230 valence electrons. The summed E-state index contributed by atoms with van der Waals surface area (Å²) in [5.41, 5.74) is 1.48. The third kappa shape index (κ3) is 12.9. The number of carbonyl (C=O) groups excluding carboxylic acids is 1. The maximum absolute atomic E-state index is 12.8. The number of ether oxygens (including phenoxy) is 4. The number of ketones is 1. The van der Waals surface area contributed by atoms with Gasteiger partial charge in [-0.15, -0.1) is 0 Å². The number of hydrogen-bond acceptors (Lipinski definition) is 7. The van der Waals surface area contributed by atoms with Gasteiger partial charge < -0.3 is 29.2 Å². The molecule has 0 radical (unpaired) electrons. The molecule has 2 N–H and O–H groups in total. The zero-order valence-electron chi connectivity index (χ0n) is 26.2. The molecule has 1 fully saturated rings. The molecule has 1 saturated heterocycles. The largest absolute Gasteiger partial charge is 0.394 e. The molecule has 7 heteroatoms. The van der Waals surface area contributed by atoms with Crippen LogP contribution >= 0.6 is 0 Å². The molecule has 1 aliphatic heterocycles. The van der Waals surface area contributed by atoms with Crippen LogP contribution in [0.25, 0.3) is 0 Å². The van der Waals surface area contributed by atoms with Crippen molar-refractivity contribution in [2.45, 2.75) is 104 Å². The van der Waals surface area contributed by atoms with Crippen molar-refractivity contribution in [2.24, 2.45) is 17.8 Å². The minimum absolute atomic E-state index is 0.00347. The molecule has 0 aromatic carbocycles. The fourth-order valence-electron chi connectivity index (χ4n) is 4.92. The molecule has 2 unspecified atom stereocenters. The molecule has 0 aromatic heterocycles. The number of carbonyl (C=O) groups is 1. The first-order valence-corrected chi connectivity index (χ1v) is 14.7. The van der Waals surface area contributed by atoms with Gasteiger partial charge in [-0.2, -0.15) is 0 Å². The normalized spacial score (nSPS) is 23.7. The fourth-order valence-corrected chi connectivity index (χ4v) is 4.92. The molecule has 40 heavy (non-hydrogen) atoms. The summed E-state index contributed by atoms with van der Waals surface area (Å²) < 4.78 is 23.3. The van der Waals surface area contributed by atoms with Crippen molar-refractivity contribution in [3.8, 4) is 0 Å². The zero-order valence-corrected chi connectivity index (χ0v) is 26.2. The number of aliphatic hydroxyl groups excluding tert-OH is 2. The fraction of sp³-hybridized carbons (Fsp3) is 0.727. The van der Waals surface area contributed by atoms with Crippen molar-refractivity contribution in [1.29, 1.82) is 0 Å². The first-order valence-electron chi connectivity index (χ1n) is 14.7. The van der Waals surface area contributed by atoms with Gasteiger partial charge in [-0.05, 0) is 69.9 Å². The Kier molecular flexibility index (Phi) is 17.1. The molecule has 0 saturated carbocycles. The number of rotatable bonds is 19. The Balaban J connectivity index is 2.74. The summed E-state index contributed by atoms with van der Waals surface area (Å²) >= 11 is 0. The summed E-state index contributed by atoms with van der Waals surface area (Å²) in [5.74, 6) is 0.338. The van der Waals surface area contributed by atoms with Gasteiger partial charge in [0.05, 0.1) is 44.2 Å². The van der Waals surface area contributed by atoms with E-state index in [-0.39, 0.29) is 42.0 Å². The van der Waals surface area contributed by atoms with Crippen LogP contribution in [0.1, 0.15) is 74.1 Å². The van der Waals surface area contributed by atoms with Crippen molar-refractivity contribution in [1.82, 2.24) is 0 Å². The lowest BCUT2D eigenvalue weighted by molar-refractivity contribution is -0.148. The second-order valence-electron chi connectivity index (χ2n) is 11.9. The molecule has 1 rings (SSSR count). The predicted molar refractivity (Wildman–Crippen MR) is 161 cm³/mol. The van der Waals surface area contributed by atoms with E-state index in [4.69, 9.17) is 24.1 Å². The Morgan fingerprint density at radius 3 is 2.42 bits per heavy atom. The zero-order chi connectivity index (χ0) is 30.3. The highest BCUT2D eigenvalue weighted by Gasteiger charge is 2.36. The van der Waals surface area contributed by atoms with Gasteiger partial charge in [0.25, 0.3) is 0 Å². The van der Waals surface area contributed by atoms with Crippen molar-refractivity contribution in [3.05, 3.63) is 48.1 Å². The van der Waals surface area contributed by atoms with Crippen molar-refractivity contribution >= 4 is 5.78 Å². The van der Waals surface area contributed by atoms with Gasteiger partial charge in [0.1, 0.15) is 12.2 Å². The van der Waals surface area contributed by atoms with E-state index >= 15 is 0 Å². The molecule has 0 aliphatic carbocycles. The van der Waals surface area contributed by atoms with Crippen LogP contribution in [0.4, 0.5) is 0 Å². The lowest BCUT2D eigenvalue weighted by Crippen LogP contribution is -2.43. The van der Waals surface area contributed by atoms with E-state index in [1.54, 1.807) is 6.92 Å². The van der Waals surface area contributed by atoms with Gasteiger partial charge in [-0.3, -0.25) is 4.79 Å². The van der Waals surface area contributed by atoms with Crippen LogP contribution in [0, 0.1) is 17.8 Å². The number of allylic oxidation sites excluding steroid dienone is 5. The maximum atomic E-state index is 12.8. The number of Topliss-reactive ketones (excluding diaryl/α,β-unsaturated/α-hetero) is 1. The Bertz CT molecular complexity index is 844. The Hall–Kier alpha value is -1.61. The quantitative estimate of drug-likeness (QED) is 0.120. The highest BCUT2D eigenvalue weighted by molar-refractivity contribution is 5.86. The van der Waals surface area contributed by atoms with Crippen LogP contribution in [-0.4, -0.2) is 79.6 Å². The van der Waals surface area contributed by atoms with E-state index in [1.165, 1.54) is 7.11 Å². The summed E-state index contributed by atoms with van der Waals surface area (Å²) in [6, 6.07) is 0. The molecule has 0 aromatic rings. The minimum atomic E-state index is -0.996. The molecule has 1 heterocycles. The van der Waals surface area contributed by atoms with E-state index in [9.17, 15) is 9.90 Å². The average molecular weight is 565 g/mol. The van der Waals surface area contributed by atoms with Gasteiger partial charge in [-0.1, -0.05) is 57.7 Å². The Labute approximate surface area is 243 Å². The first-order chi connectivity index (χ1) is 18.8. The smallest absolute Gasteiger partial charge is 0.167 e. The van der Waals surface area contributed by atoms with E-state index in [0.717, 1.165) is 24.8 Å². The second-order valence-corrected chi connectivity index (χ2v) is 11.9. The standard InChI is InChI=1S/C33H56O7/c1-23(2)30(35)32(37-9)31(36)26(5)21-24(3)13-11-10-12-14-25(4)29(39-20-19-38-18-17-34)22-28-16-15-27(6)33(7,8)40-28/h10-14,24,26-30,32,34-35H,1,15-22H2,2-9H3/b12-10+,13-11+,25-14+/t24-,26-,27-,28?,29?,30-,32-/m1/s1. The van der Waals surface area contributed by atoms with Gasteiger partial charge in [0.2, 0.25) is 0 Å². The average Bonchev–Trinajstić information content (AvgIpc) is 2.89. The van der Waals surface area contributed by atoms with Crippen molar-refractivity contribution in [3.63, 3.8) is 0 Å². The molecule has 0 bridgehead atoms. The van der Waals surface area contributed by atoms with Crippen LogP contribution in [0.3, 0.4) is 0 Å². The van der Waals surface area contributed by atoms with Crippen LogP contribution in [-0.2, 0) is 23.7 Å². The molecule has 7 atom stereocenters. The van der Waals surface area contributed by atoms with Crippen LogP contribution in [0.2, 0.25) is 0 Å². The summed E-state index contributed by atoms with van der Waals surface area (Å²) in [4.78, 5) is 12.8. The lowest BCUT2D eigenvalue weighted by Gasteiger charge is -2.42. The lowest BCUT2D eigenvalue weighted by atomic mass is 9.83. The topological polar surface area (TPSA) is 94.5 Å². The number of hydrogen-bond donors (Lipinski definition) is 2. The third-order valence-corrected chi connectivity index (χ3v) is 7.90. The summed E-state index contributed by atoms with van der Waals surface area (Å²) in [5, 5.41) is 19.2. The SMILES string of the molecule is C=C(C)[C@@H](O)[C@@H](OC)C(=O)[C@H](C)C[C@H](C)/C=C/C=C/C=C(\C)C(CC1CC[C@@H](C)C(C)(C)O1)OCCOCCO. The van der Waals surface area contributed by atoms with Crippen LogP contribution in [0.5, 0.6) is 0 Å². The van der Waals surface area contributed by atoms with Gasteiger partial charge in [0.15, 0.2) is 5.78 Å². The van der Waals surface area contributed by atoms with Gasteiger partial charge in [-0.25, -0.2) is 0 Å². The highest BCUT2D eigenvalue weighted by atomic mass is 16.5. The second kappa shape index (κ2) is 18.7. The minimum Gasteiger partial charge on any atom is -0.394 e. The van der Waals surface area contributed by atoms with E-state index in [2.05, 4.69) is 53.3 Å². The van der Waals surface area contributed by atoms with Crippen molar-refractivity contribution < 1.29 is 34.0 Å². The van der Waals surface area contributed by atoms with Crippen molar-refractivity contribution in [2.75, 3.05) is 33.5 Å². The van der Waals surface area contributed by atoms with E-state index in [1.807, 2.05) is 25.2 Å². The van der Waals surface area contributed by atoms with Crippen LogP contribution < -0.4 is 0 Å². The third-order valence-electron chi connectivity index (χ3n) is 7.90. The molecule has 1 aliphatic rings. The number of methoxy groups -OCH3 is 1. The predicted octanol–water partition coefficient (Wildman–Crippen LogP) is 5.61. The van der Waals surface area contributed by atoms with Gasteiger partial charge >= 0.3 is 0 Å². The van der Waals surface area contributed by atoms with E-state index in [0.29, 0.717) is 37.7 Å². The molecular formula is C33H56O7. The Morgan fingerprint density at radius 1 is 1.12 bits per heavy atom. The monoisotopic (exact) mass is 564 g/mol. The number of aliphatic hydroxyl groups is 2. The first kappa shape index (κ1) is 36.4. The van der Waals surface area contributed by atoms with Gasteiger partial charge in [0, 0.05) is 19.4 Å². The summed E-state index contributed by atoms with van der Waals surface area (Å²) in [6.45, 7) is 19.2. The molecular weight excluding hydrogens is 508 g/mol. The molecule has 0 amide bonds. The summed E-state index contributed by atoms with van der Waals surface area (Å²) in [6.07, 6.45) is 11.9. The summed E-state index contributed by atoms with van der Waals surface area (Å²) in [7, 11) is 1.44.